The monoisotopic (exact) mass is 900 g/mol. The third kappa shape index (κ3) is 7.09. The van der Waals surface area contributed by atoms with Gasteiger partial charge in [-0.25, -0.2) is 0 Å². The first kappa shape index (κ1) is 30.0. The molecule has 8 aromatic rings. The molecule has 0 aliphatic heterocycles. The number of aryl methyl sites for hydroxylation is 1. The minimum absolute atomic E-state index is 0. The van der Waals surface area contributed by atoms with E-state index in [2.05, 4.69) is 112 Å². The fraction of sp³-hybridized carbons (Fsp3) is 0.163. The van der Waals surface area contributed by atoms with Crippen LogP contribution in [0.5, 0.6) is 0 Å². The number of nitrogens with zero attached hydrogens (tertiary/aromatic N) is 3. The van der Waals surface area contributed by atoms with Gasteiger partial charge >= 0.3 is 131 Å². The van der Waals surface area contributed by atoms with Crippen molar-refractivity contribution < 1.29 is 25.6 Å². The number of hydrogen-bond acceptors (Lipinski definition) is 3. The SMILES string of the molecule is [2H]C([2H])([2H])c1c[c-]c(-c2cc(C([2H])(C)C)[c]([Ge]([CH3])([CH3])[CH3])cn2)cc1.[Ir].[c-]1ccc2c(sc3ccccc32)c1-c1nc2ccccc2n1-c1ccccc1. The predicted molar refractivity (Wildman–Crippen MR) is 209 cm³/mol. The minimum atomic E-state index is -2.14. The zero-order valence-corrected chi connectivity index (χ0v) is 33.4. The van der Waals surface area contributed by atoms with Gasteiger partial charge in [0.1, 0.15) is 0 Å². The van der Waals surface area contributed by atoms with Gasteiger partial charge in [-0.2, -0.15) is 11.3 Å². The molecule has 6 heteroatoms. The molecule has 3 nitrogen and oxygen atoms in total. The maximum atomic E-state index is 8.49. The van der Waals surface area contributed by atoms with Crippen molar-refractivity contribution in [1.29, 1.82) is 0 Å². The van der Waals surface area contributed by atoms with Crippen molar-refractivity contribution in [2.24, 2.45) is 0 Å². The van der Waals surface area contributed by atoms with Gasteiger partial charge < -0.3 is 4.57 Å². The van der Waals surface area contributed by atoms with Crippen LogP contribution in [0, 0.1) is 19.0 Å². The molecule has 8 rings (SSSR count). The van der Waals surface area contributed by atoms with Crippen LogP contribution in [-0.4, -0.2) is 27.8 Å². The Morgan fingerprint density at radius 3 is 2.35 bits per heavy atom. The van der Waals surface area contributed by atoms with Crippen molar-refractivity contribution in [2.45, 2.75) is 43.9 Å². The largest absolute Gasteiger partial charge is 0.333 e. The first-order valence-corrected chi connectivity index (χ1v) is 24.2. The van der Waals surface area contributed by atoms with Crippen LogP contribution in [0.2, 0.25) is 17.3 Å². The van der Waals surface area contributed by atoms with Crippen molar-refractivity contribution in [3.8, 4) is 28.3 Å². The molecule has 0 atom stereocenters. The van der Waals surface area contributed by atoms with E-state index in [0.717, 1.165) is 44.9 Å². The van der Waals surface area contributed by atoms with E-state index in [-0.39, 0.29) is 25.7 Å². The van der Waals surface area contributed by atoms with E-state index < -0.39 is 26.0 Å². The molecule has 0 saturated carbocycles. The molecule has 0 saturated heterocycles. The van der Waals surface area contributed by atoms with Crippen LogP contribution in [0.4, 0.5) is 0 Å². The Morgan fingerprint density at radius 1 is 0.857 bits per heavy atom. The summed E-state index contributed by atoms with van der Waals surface area (Å²) in [5.74, 6) is 7.12. The third-order valence-corrected chi connectivity index (χ3v) is 13.9. The molecule has 0 fully saturated rings. The van der Waals surface area contributed by atoms with Crippen LogP contribution in [0.3, 0.4) is 0 Å². The van der Waals surface area contributed by atoms with E-state index in [0.29, 0.717) is 0 Å². The minimum Gasteiger partial charge on any atom is -0.333 e. The average Bonchev–Trinajstić information content (AvgIpc) is 3.70. The number of para-hydroxylation sites is 3. The molecular weight excluding hydrogens is 855 g/mol. The number of rotatable bonds is 5. The zero-order valence-electron chi connectivity index (χ0n) is 32.1. The van der Waals surface area contributed by atoms with Crippen LogP contribution < -0.4 is 4.40 Å². The summed E-state index contributed by atoms with van der Waals surface area (Å²) in [6, 6.07) is 44.8. The van der Waals surface area contributed by atoms with Gasteiger partial charge in [0, 0.05) is 30.5 Å². The molecule has 3 aromatic heterocycles. The topological polar surface area (TPSA) is 30.7 Å². The van der Waals surface area contributed by atoms with Crippen LogP contribution >= 0.6 is 11.3 Å². The molecule has 0 bridgehead atoms. The Labute approximate surface area is 315 Å². The molecule has 0 amide bonds. The average molecular weight is 899 g/mol. The van der Waals surface area contributed by atoms with Crippen molar-refractivity contribution in [3.63, 3.8) is 0 Å². The van der Waals surface area contributed by atoms with Crippen LogP contribution in [0.25, 0.3) is 59.5 Å². The van der Waals surface area contributed by atoms with Crippen molar-refractivity contribution in [1.82, 2.24) is 14.5 Å². The Hall–Kier alpha value is -3.87. The molecule has 5 aromatic carbocycles. The summed E-state index contributed by atoms with van der Waals surface area (Å²) in [6.07, 6.45) is 1.91. The van der Waals surface area contributed by atoms with E-state index in [1.54, 1.807) is 12.1 Å². The van der Waals surface area contributed by atoms with Crippen LogP contribution in [0.15, 0.2) is 121 Å². The normalized spacial score (nSPS) is 13.2. The smallest absolute Gasteiger partial charge is 0.0774 e. The Balaban J connectivity index is 0.000000181. The number of hydrogen-bond donors (Lipinski definition) is 0. The van der Waals surface area contributed by atoms with Crippen molar-refractivity contribution >= 4 is 60.2 Å². The van der Waals surface area contributed by atoms with Crippen molar-refractivity contribution in [3.05, 3.63) is 145 Å². The Morgan fingerprint density at radius 2 is 1.61 bits per heavy atom. The summed E-state index contributed by atoms with van der Waals surface area (Å²) in [6.45, 7) is 1.66. The number of fused-ring (bicyclic) bond motifs is 4. The molecule has 247 valence electrons. The first-order chi connectivity index (χ1) is 24.7. The van der Waals surface area contributed by atoms with Gasteiger partial charge in [-0.15, -0.1) is 18.2 Å². The molecule has 0 N–H and O–H groups in total. The van der Waals surface area contributed by atoms with E-state index in [1.165, 1.54) is 30.6 Å². The van der Waals surface area contributed by atoms with Gasteiger partial charge in [-0.1, -0.05) is 59.5 Å². The van der Waals surface area contributed by atoms with Gasteiger partial charge in [0.15, 0.2) is 0 Å². The summed E-state index contributed by atoms with van der Waals surface area (Å²) in [5.41, 5.74) is 7.03. The van der Waals surface area contributed by atoms with Gasteiger partial charge in [0.25, 0.3) is 0 Å². The van der Waals surface area contributed by atoms with Gasteiger partial charge in [-0.05, 0) is 40.4 Å². The van der Waals surface area contributed by atoms with Crippen LogP contribution in [0.1, 0.15) is 36.4 Å². The number of thiophene rings is 1. The first-order valence-electron chi connectivity index (χ1n) is 18.1. The van der Waals surface area contributed by atoms with E-state index in [9.17, 15) is 0 Å². The standard InChI is InChI=1S/C25H15N2S.C18H24GeN.Ir/c1-2-9-17(10-3-1)27-22-15-6-5-14-21(22)26-25(27)20-13-8-12-19-18-11-4-7-16-23(18)28-24(19)20;1-13(2)16-11-18(15-9-7-14(3)8-10-15)20-12-17(16)19(4,5)6;/h1-12,14-16H;7-9,11-13H,1-6H3;/q2*-1;/i;3D3,13D;. The molecule has 3 heterocycles. The molecule has 0 unspecified atom stereocenters. The van der Waals surface area contributed by atoms with Gasteiger partial charge in [-0.3, -0.25) is 4.98 Å². The van der Waals surface area contributed by atoms with Crippen LogP contribution in [-0.2, 0) is 20.1 Å². The van der Waals surface area contributed by atoms with Crippen molar-refractivity contribution in [2.75, 3.05) is 0 Å². The molecule has 0 aliphatic rings. The van der Waals surface area contributed by atoms with Gasteiger partial charge in [0.2, 0.25) is 0 Å². The second-order valence-corrected chi connectivity index (χ2v) is 24.8. The van der Waals surface area contributed by atoms with Gasteiger partial charge in [0.05, 0.1) is 16.9 Å². The molecular formula is C43H39GeIrN3S-2. The summed E-state index contributed by atoms with van der Waals surface area (Å²) >= 11 is -0.328. The fourth-order valence-electron chi connectivity index (χ4n) is 6.09. The molecule has 0 aliphatic carbocycles. The molecule has 0 spiro atoms. The van der Waals surface area contributed by atoms with E-state index in [4.69, 9.17) is 10.5 Å². The second kappa shape index (κ2) is 14.5. The number of imidazole rings is 1. The summed E-state index contributed by atoms with van der Waals surface area (Å²) in [5, 5.41) is 2.56. The number of pyridine rings is 1. The number of aromatic nitrogens is 3. The molecule has 1 radical (unpaired) electrons. The molecule has 49 heavy (non-hydrogen) atoms. The maximum Gasteiger partial charge on any atom is 0.0774 e. The summed E-state index contributed by atoms with van der Waals surface area (Å²) in [7, 11) is 0. The Kier molecular flexibility index (Phi) is 8.90. The third-order valence-electron chi connectivity index (χ3n) is 8.48. The maximum absolute atomic E-state index is 8.49. The zero-order chi connectivity index (χ0) is 36.8. The van der Waals surface area contributed by atoms with E-state index >= 15 is 0 Å². The predicted octanol–water partition coefficient (Wildman–Crippen LogP) is 11.4. The van der Waals surface area contributed by atoms with E-state index in [1.807, 2.05) is 55.6 Å². The second-order valence-electron chi connectivity index (χ2n) is 13.1. The quantitative estimate of drug-likeness (QED) is 0.127. The summed E-state index contributed by atoms with van der Waals surface area (Å²) in [4.78, 5) is 9.59. The Bertz CT molecular complexity index is 2530. The fourth-order valence-corrected chi connectivity index (χ4v) is 10.6. The summed E-state index contributed by atoms with van der Waals surface area (Å²) < 4.78 is 36.8. The number of benzene rings is 5.